The number of hydrogen-bond donors (Lipinski definition) is 3. The molecule has 1 aliphatic rings. The third-order valence-corrected chi connectivity index (χ3v) is 4.04. The highest BCUT2D eigenvalue weighted by molar-refractivity contribution is 5.56. The Labute approximate surface area is 135 Å². The Bertz CT molecular complexity index is 897. The van der Waals surface area contributed by atoms with Gasteiger partial charge in [-0.05, 0) is 29.8 Å². The standard InChI is InChI=1S/C15H13N5O4/c1-7-12(15(21)19-17-7)13(9-5-16-18-14(9)20-22)8-2-3-10-11(4-8)24-6-23-10/h2-5,13H,6H2,1H3,(H,16,18)(H2,17,19,21). The van der Waals surface area contributed by atoms with Crippen molar-refractivity contribution < 1.29 is 14.6 Å². The number of aromatic hydroxyl groups is 1. The second-order valence-corrected chi connectivity index (χ2v) is 5.38. The minimum atomic E-state index is -0.496. The maximum atomic E-state index is 11.1. The first-order valence-corrected chi connectivity index (χ1v) is 7.19. The zero-order chi connectivity index (χ0) is 16.7. The van der Waals surface area contributed by atoms with E-state index in [1.54, 1.807) is 19.1 Å². The predicted octanol–water partition coefficient (Wildman–Crippen LogP) is 2.45. The van der Waals surface area contributed by atoms with Gasteiger partial charge in [-0.2, -0.15) is 10.2 Å². The van der Waals surface area contributed by atoms with Crippen LogP contribution in [0.4, 0.5) is 5.82 Å². The third kappa shape index (κ3) is 2.09. The molecule has 9 nitrogen and oxygen atoms in total. The first-order valence-electron chi connectivity index (χ1n) is 7.19. The molecule has 0 spiro atoms. The molecule has 24 heavy (non-hydrogen) atoms. The molecule has 0 radical (unpaired) electrons. The second-order valence-electron chi connectivity index (χ2n) is 5.38. The Balaban J connectivity index is 1.93. The number of aromatic amines is 2. The SMILES string of the molecule is Cc1n[nH]c(O)c1C(c1ccc2c(c1)OCO2)c1cn[nH]c1N=O. The molecule has 0 aliphatic carbocycles. The van der Waals surface area contributed by atoms with E-state index in [9.17, 15) is 10.0 Å². The summed E-state index contributed by atoms with van der Waals surface area (Å²) >= 11 is 0. The van der Waals surface area contributed by atoms with Crippen LogP contribution in [0.25, 0.3) is 0 Å². The van der Waals surface area contributed by atoms with Gasteiger partial charge in [0.1, 0.15) is 0 Å². The Hall–Kier alpha value is -3.36. The van der Waals surface area contributed by atoms with Crippen LogP contribution in [0.5, 0.6) is 17.4 Å². The molecule has 3 N–H and O–H groups in total. The van der Waals surface area contributed by atoms with Gasteiger partial charge in [0.15, 0.2) is 17.3 Å². The molecule has 3 aromatic rings. The highest BCUT2D eigenvalue weighted by Gasteiger charge is 2.29. The number of fused-ring (bicyclic) bond motifs is 1. The zero-order valence-electron chi connectivity index (χ0n) is 12.6. The molecule has 3 heterocycles. The quantitative estimate of drug-likeness (QED) is 0.632. The molecule has 4 rings (SSSR count). The lowest BCUT2D eigenvalue weighted by Crippen LogP contribution is -2.04. The van der Waals surface area contributed by atoms with E-state index in [0.29, 0.717) is 28.3 Å². The molecule has 0 saturated carbocycles. The summed E-state index contributed by atoms with van der Waals surface area (Å²) in [7, 11) is 0. The fourth-order valence-electron chi connectivity index (χ4n) is 2.94. The van der Waals surface area contributed by atoms with Crippen molar-refractivity contribution in [3.63, 3.8) is 0 Å². The summed E-state index contributed by atoms with van der Waals surface area (Å²) in [6.45, 7) is 1.92. The molecule has 0 saturated heterocycles. The lowest BCUT2D eigenvalue weighted by atomic mass is 9.86. The molecule has 1 atom stereocenters. The van der Waals surface area contributed by atoms with Crippen LogP contribution in [0, 0.1) is 11.8 Å². The molecule has 9 heteroatoms. The number of aryl methyl sites for hydroxylation is 1. The van der Waals surface area contributed by atoms with Crippen molar-refractivity contribution in [1.82, 2.24) is 20.4 Å². The van der Waals surface area contributed by atoms with Crippen LogP contribution in [0.1, 0.15) is 28.3 Å². The van der Waals surface area contributed by atoms with Gasteiger partial charge < -0.3 is 14.6 Å². The number of nitroso groups, excluding NO2 is 1. The Morgan fingerprint density at radius 2 is 2.12 bits per heavy atom. The van der Waals surface area contributed by atoms with Gasteiger partial charge >= 0.3 is 0 Å². The number of nitrogens with one attached hydrogen (secondary N) is 2. The molecular formula is C15H13N5O4. The number of rotatable bonds is 4. The summed E-state index contributed by atoms with van der Waals surface area (Å²) in [4.78, 5) is 11.1. The normalized spacial score (nSPS) is 13.9. The van der Waals surface area contributed by atoms with Crippen molar-refractivity contribution in [3.8, 4) is 17.4 Å². The fraction of sp³-hybridized carbons (Fsp3) is 0.200. The smallest absolute Gasteiger partial charge is 0.231 e. The van der Waals surface area contributed by atoms with E-state index in [2.05, 4.69) is 25.6 Å². The molecule has 0 bridgehead atoms. The largest absolute Gasteiger partial charge is 0.493 e. The van der Waals surface area contributed by atoms with Gasteiger partial charge in [0.2, 0.25) is 12.7 Å². The van der Waals surface area contributed by atoms with E-state index in [-0.39, 0.29) is 18.5 Å². The van der Waals surface area contributed by atoms with Crippen LogP contribution in [0.2, 0.25) is 0 Å². The minimum absolute atomic E-state index is 0.0757. The van der Waals surface area contributed by atoms with E-state index in [1.807, 2.05) is 6.07 Å². The van der Waals surface area contributed by atoms with Crippen molar-refractivity contribution in [2.45, 2.75) is 12.8 Å². The van der Waals surface area contributed by atoms with Gasteiger partial charge in [0, 0.05) is 17.0 Å². The van der Waals surface area contributed by atoms with Crippen LogP contribution >= 0.6 is 0 Å². The number of ether oxygens (including phenoxy) is 2. The number of aromatic nitrogens is 4. The van der Waals surface area contributed by atoms with Gasteiger partial charge in [-0.3, -0.25) is 5.10 Å². The summed E-state index contributed by atoms with van der Waals surface area (Å²) in [6, 6.07) is 5.43. The highest BCUT2D eigenvalue weighted by Crippen LogP contribution is 2.43. The maximum Gasteiger partial charge on any atom is 0.231 e. The van der Waals surface area contributed by atoms with Gasteiger partial charge in [-0.15, -0.1) is 4.91 Å². The molecule has 1 aromatic carbocycles. The molecule has 0 amide bonds. The molecule has 0 fully saturated rings. The minimum Gasteiger partial charge on any atom is -0.493 e. The number of hydrogen-bond acceptors (Lipinski definition) is 7. The molecule has 122 valence electrons. The van der Waals surface area contributed by atoms with E-state index in [0.717, 1.165) is 5.56 Å². The molecular weight excluding hydrogens is 314 g/mol. The first-order chi connectivity index (χ1) is 11.7. The first kappa shape index (κ1) is 14.2. The van der Waals surface area contributed by atoms with Crippen molar-refractivity contribution in [2.24, 2.45) is 5.18 Å². The van der Waals surface area contributed by atoms with Crippen LogP contribution in [0.15, 0.2) is 29.6 Å². The van der Waals surface area contributed by atoms with Gasteiger partial charge in [-0.1, -0.05) is 6.07 Å². The van der Waals surface area contributed by atoms with E-state index in [1.165, 1.54) is 6.20 Å². The van der Waals surface area contributed by atoms with Crippen molar-refractivity contribution in [1.29, 1.82) is 0 Å². The summed E-state index contributed by atoms with van der Waals surface area (Å²) < 4.78 is 10.8. The topological polar surface area (TPSA) is 125 Å². The van der Waals surface area contributed by atoms with Gasteiger partial charge in [0.25, 0.3) is 0 Å². The van der Waals surface area contributed by atoms with Crippen molar-refractivity contribution >= 4 is 5.82 Å². The van der Waals surface area contributed by atoms with Gasteiger partial charge in [0.05, 0.1) is 11.9 Å². The monoisotopic (exact) mass is 327 g/mol. The van der Waals surface area contributed by atoms with Crippen molar-refractivity contribution in [2.75, 3.05) is 6.79 Å². The highest BCUT2D eigenvalue weighted by atomic mass is 16.7. The van der Waals surface area contributed by atoms with Crippen LogP contribution in [-0.4, -0.2) is 32.3 Å². The third-order valence-electron chi connectivity index (χ3n) is 4.04. The van der Waals surface area contributed by atoms with Crippen molar-refractivity contribution in [3.05, 3.63) is 51.7 Å². The number of nitrogens with zero attached hydrogens (tertiary/aromatic N) is 3. The van der Waals surface area contributed by atoms with Crippen LogP contribution < -0.4 is 9.47 Å². The van der Waals surface area contributed by atoms with Crippen LogP contribution in [0.3, 0.4) is 0 Å². The number of H-pyrrole nitrogens is 2. The number of benzene rings is 1. The van der Waals surface area contributed by atoms with E-state index >= 15 is 0 Å². The summed E-state index contributed by atoms with van der Waals surface area (Å²) in [5, 5.41) is 26.2. The summed E-state index contributed by atoms with van der Waals surface area (Å²) in [5.74, 6) is 0.768. The Morgan fingerprint density at radius 3 is 2.88 bits per heavy atom. The maximum absolute atomic E-state index is 11.1. The predicted molar refractivity (Wildman–Crippen MR) is 82.5 cm³/mol. The molecule has 2 aromatic heterocycles. The average Bonchev–Trinajstić information content (AvgIpc) is 3.30. The Morgan fingerprint density at radius 1 is 1.29 bits per heavy atom. The fourth-order valence-corrected chi connectivity index (χ4v) is 2.94. The summed E-state index contributed by atoms with van der Waals surface area (Å²) in [5.41, 5.74) is 2.46. The van der Waals surface area contributed by atoms with E-state index in [4.69, 9.17) is 9.47 Å². The average molecular weight is 327 g/mol. The zero-order valence-corrected chi connectivity index (χ0v) is 12.6. The van der Waals surface area contributed by atoms with E-state index < -0.39 is 5.92 Å². The van der Waals surface area contributed by atoms with Crippen LogP contribution in [-0.2, 0) is 0 Å². The summed E-state index contributed by atoms with van der Waals surface area (Å²) in [6.07, 6.45) is 1.51. The lowest BCUT2D eigenvalue weighted by molar-refractivity contribution is 0.174. The Kier molecular flexibility index (Phi) is 3.19. The lowest BCUT2D eigenvalue weighted by Gasteiger charge is -2.17. The van der Waals surface area contributed by atoms with Gasteiger partial charge in [-0.25, -0.2) is 5.10 Å². The molecule has 1 unspecified atom stereocenters. The second kappa shape index (κ2) is 5.37. The molecule has 1 aliphatic heterocycles.